The summed E-state index contributed by atoms with van der Waals surface area (Å²) in [6, 6.07) is 17.8. The van der Waals surface area contributed by atoms with Gasteiger partial charge in [-0.25, -0.2) is 0 Å². The van der Waals surface area contributed by atoms with Crippen molar-refractivity contribution in [2.45, 2.75) is 25.2 Å². The monoisotopic (exact) mass is 387 g/mol. The molecule has 1 fully saturated rings. The van der Waals surface area contributed by atoms with Crippen molar-refractivity contribution in [2.75, 3.05) is 20.2 Å². The number of aromatic nitrogens is 2. The Morgan fingerprint density at radius 2 is 1.93 bits per heavy atom. The minimum absolute atomic E-state index is 0.174. The van der Waals surface area contributed by atoms with Gasteiger partial charge in [0.15, 0.2) is 0 Å². The molecule has 0 aliphatic carbocycles. The van der Waals surface area contributed by atoms with Crippen LogP contribution in [0.2, 0.25) is 0 Å². The molecular formula is C24H25N3O2. The molecule has 5 heteroatoms. The summed E-state index contributed by atoms with van der Waals surface area (Å²) in [5.41, 5.74) is 3.86. The lowest BCUT2D eigenvalue weighted by Crippen LogP contribution is -2.40. The summed E-state index contributed by atoms with van der Waals surface area (Å²) in [6.45, 7) is 1.48. The number of likely N-dealkylation sites (tertiary alicyclic amines) is 1. The van der Waals surface area contributed by atoms with Gasteiger partial charge in [0.2, 0.25) is 5.91 Å². The van der Waals surface area contributed by atoms with Crippen LogP contribution in [0.1, 0.15) is 30.0 Å². The summed E-state index contributed by atoms with van der Waals surface area (Å²) in [6.07, 6.45) is 5.88. The van der Waals surface area contributed by atoms with Crippen molar-refractivity contribution in [2.24, 2.45) is 0 Å². The van der Waals surface area contributed by atoms with Crippen molar-refractivity contribution < 1.29 is 9.53 Å². The summed E-state index contributed by atoms with van der Waals surface area (Å²) < 4.78 is 5.37. The average Bonchev–Trinajstić information content (AvgIpc) is 2.80. The molecule has 0 bridgehead atoms. The zero-order valence-electron chi connectivity index (χ0n) is 16.6. The molecule has 0 unspecified atom stereocenters. The fourth-order valence-electron chi connectivity index (χ4n) is 3.95. The third-order valence-corrected chi connectivity index (χ3v) is 5.43. The van der Waals surface area contributed by atoms with E-state index in [1.54, 1.807) is 19.5 Å². The van der Waals surface area contributed by atoms with Crippen LogP contribution in [0.15, 0.2) is 67.0 Å². The van der Waals surface area contributed by atoms with Gasteiger partial charge in [-0.2, -0.15) is 0 Å². The number of methoxy groups -OCH3 is 1. The van der Waals surface area contributed by atoms with Crippen molar-refractivity contribution in [1.29, 1.82) is 0 Å². The predicted molar refractivity (Wildman–Crippen MR) is 113 cm³/mol. The maximum Gasteiger partial charge on any atom is 0.227 e. The molecule has 1 aliphatic rings. The van der Waals surface area contributed by atoms with E-state index in [0.717, 1.165) is 47.7 Å². The van der Waals surface area contributed by atoms with Gasteiger partial charge in [0.25, 0.3) is 0 Å². The van der Waals surface area contributed by atoms with Crippen LogP contribution in [-0.4, -0.2) is 41.0 Å². The second-order valence-electron chi connectivity index (χ2n) is 7.36. The number of carbonyl (C=O) groups excluding carboxylic acids is 1. The van der Waals surface area contributed by atoms with Crippen molar-refractivity contribution in [3.8, 4) is 17.0 Å². The molecule has 148 valence electrons. The number of rotatable bonds is 5. The molecule has 4 rings (SSSR count). The Morgan fingerprint density at radius 1 is 1.10 bits per heavy atom. The Bertz CT molecular complexity index is 975. The van der Waals surface area contributed by atoms with Crippen molar-refractivity contribution in [3.05, 3.63) is 78.2 Å². The number of piperidine rings is 1. The molecular weight excluding hydrogens is 362 g/mol. The number of ether oxygens (including phenoxy) is 1. The zero-order chi connectivity index (χ0) is 20.1. The smallest absolute Gasteiger partial charge is 0.227 e. The third kappa shape index (κ3) is 4.45. The molecule has 1 atom stereocenters. The first kappa shape index (κ1) is 19.1. The summed E-state index contributed by atoms with van der Waals surface area (Å²) in [5.74, 6) is 1.15. The third-order valence-electron chi connectivity index (χ3n) is 5.43. The molecule has 0 saturated carbocycles. The summed E-state index contributed by atoms with van der Waals surface area (Å²) in [4.78, 5) is 24.1. The number of amides is 1. The SMILES string of the molecule is COc1cccc(-c2nccnc2[C@@H]2CCCN(C(=O)Cc3ccccc3)C2)c1. The maximum atomic E-state index is 12.9. The van der Waals surface area contributed by atoms with Crippen LogP contribution >= 0.6 is 0 Å². The van der Waals surface area contributed by atoms with Crippen molar-refractivity contribution in [3.63, 3.8) is 0 Å². The molecule has 0 spiro atoms. The highest BCUT2D eigenvalue weighted by molar-refractivity contribution is 5.79. The van der Waals surface area contributed by atoms with Gasteiger partial charge in [-0.3, -0.25) is 14.8 Å². The molecule has 2 aromatic carbocycles. The van der Waals surface area contributed by atoms with Gasteiger partial charge in [0.05, 0.1) is 24.9 Å². The van der Waals surface area contributed by atoms with Crippen LogP contribution < -0.4 is 4.74 Å². The van der Waals surface area contributed by atoms with Gasteiger partial charge in [-0.15, -0.1) is 0 Å². The highest BCUT2D eigenvalue weighted by atomic mass is 16.5. The van der Waals surface area contributed by atoms with Gasteiger partial charge in [0, 0.05) is 37.0 Å². The topological polar surface area (TPSA) is 55.3 Å². The van der Waals surface area contributed by atoms with E-state index in [2.05, 4.69) is 9.97 Å². The van der Waals surface area contributed by atoms with Gasteiger partial charge < -0.3 is 9.64 Å². The van der Waals surface area contributed by atoms with E-state index in [4.69, 9.17) is 4.74 Å². The van der Waals surface area contributed by atoms with E-state index < -0.39 is 0 Å². The zero-order valence-corrected chi connectivity index (χ0v) is 16.6. The Balaban J connectivity index is 1.55. The van der Waals surface area contributed by atoms with Crippen LogP contribution in [0.3, 0.4) is 0 Å². The Labute approximate surface area is 171 Å². The molecule has 1 saturated heterocycles. The highest BCUT2D eigenvalue weighted by Crippen LogP contribution is 2.33. The van der Waals surface area contributed by atoms with E-state index >= 15 is 0 Å². The van der Waals surface area contributed by atoms with Crippen LogP contribution in [0.4, 0.5) is 0 Å². The van der Waals surface area contributed by atoms with Crippen molar-refractivity contribution in [1.82, 2.24) is 14.9 Å². The first-order valence-corrected chi connectivity index (χ1v) is 10.0. The fraction of sp³-hybridized carbons (Fsp3) is 0.292. The van der Waals surface area contributed by atoms with E-state index in [-0.39, 0.29) is 11.8 Å². The fourth-order valence-corrected chi connectivity index (χ4v) is 3.95. The maximum absolute atomic E-state index is 12.9. The van der Waals surface area contributed by atoms with Gasteiger partial charge in [0.1, 0.15) is 5.75 Å². The lowest BCUT2D eigenvalue weighted by molar-refractivity contribution is -0.131. The number of hydrogen-bond donors (Lipinski definition) is 0. The van der Waals surface area contributed by atoms with Gasteiger partial charge >= 0.3 is 0 Å². The number of hydrogen-bond acceptors (Lipinski definition) is 4. The molecule has 29 heavy (non-hydrogen) atoms. The molecule has 3 aromatic rings. The van der Waals surface area contributed by atoms with E-state index in [0.29, 0.717) is 13.0 Å². The molecule has 5 nitrogen and oxygen atoms in total. The van der Waals surface area contributed by atoms with E-state index in [9.17, 15) is 4.79 Å². The molecule has 1 aromatic heterocycles. The van der Waals surface area contributed by atoms with E-state index in [1.165, 1.54) is 0 Å². The lowest BCUT2D eigenvalue weighted by atomic mass is 9.91. The summed E-state index contributed by atoms with van der Waals surface area (Å²) in [7, 11) is 1.66. The van der Waals surface area contributed by atoms with Crippen LogP contribution in [0.5, 0.6) is 5.75 Å². The molecule has 2 heterocycles. The van der Waals surface area contributed by atoms with Gasteiger partial charge in [-0.1, -0.05) is 42.5 Å². The quantitative estimate of drug-likeness (QED) is 0.661. The Kier molecular flexibility index (Phi) is 5.84. The van der Waals surface area contributed by atoms with Crippen LogP contribution in [-0.2, 0) is 11.2 Å². The Morgan fingerprint density at radius 3 is 2.76 bits per heavy atom. The summed E-state index contributed by atoms with van der Waals surface area (Å²) in [5, 5.41) is 0. The second-order valence-corrected chi connectivity index (χ2v) is 7.36. The molecule has 0 N–H and O–H groups in total. The highest BCUT2D eigenvalue weighted by Gasteiger charge is 2.28. The normalized spacial score (nSPS) is 16.4. The predicted octanol–water partition coefficient (Wildman–Crippen LogP) is 4.10. The molecule has 1 amide bonds. The largest absolute Gasteiger partial charge is 0.497 e. The van der Waals surface area contributed by atoms with Gasteiger partial charge in [-0.05, 0) is 30.5 Å². The van der Waals surface area contributed by atoms with Crippen molar-refractivity contribution >= 4 is 5.91 Å². The van der Waals surface area contributed by atoms with E-state index in [1.807, 2.05) is 59.5 Å². The first-order chi connectivity index (χ1) is 14.2. The lowest BCUT2D eigenvalue weighted by Gasteiger charge is -2.33. The van der Waals surface area contributed by atoms with Crippen LogP contribution in [0, 0.1) is 0 Å². The summed E-state index contributed by atoms with van der Waals surface area (Å²) >= 11 is 0. The molecule has 0 radical (unpaired) electrons. The number of nitrogens with zero attached hydrogens (tertiary/aromatic N) is 3. The molecule has 1 aliphatic heterocycles. The number of benzene rings is 2. The minimum Gasteiger partial charge on any atom is -0.497 e. The van der Waals surface area contributed by atoms with Crippen LogP contribution in [0.25, 0.3) is 11.3 Å². The Hall–Kier alpha value is -3.21. The number of carbonyl (C=O) groups is 1. The standard InChI is InChI=1S/C24H25N3O2/c1-29-21-11-5-9-19(16-21)23-24(26-13-12-25-23)20-10-6-14-27(17-20)22(28)15-18-7-3-2-4-8-18/h2-5,7-9,11-13,16,20H,6,10,14-15,17H2,1H3/t20-/m1/s1. The minimum atomic E-state index is 0.174. The second kappa shape index (κ2) is 8.86. The first-order valence-electron chi connectivity index (χ1n) is 10.0. The average molecular weight is 387 g/mol.